The van der Waals surface area contributed by atoms with Crippen molar-refractivity contribution in [1.29, 1.82) is 0 Å². The number of rotatable bonds is 4. The van der Waals surface area contributed by atoms with E-state index in [0.29, 0.717) is 32.4 Å². The number of pyridine rings is 2. The number of thiazole rings is 1. The SMILES string of the molecule is O=c1nc2n(Cc3ccc(Cl)nc3)cccc-2c(=O)n1Cc1cnc(Cl)s1. The average Bonchev–Trinajstić information content (AvgIpc) is 3.06. The highest BCUT2D eigenvalue weighted by molar-refractivity contribution is 7.15. The second-order valence-corrected chi connectivity index (χ2v) is 7.81. The third kappa shape index (κ3) is 3.64. The molecule has 27 heavy (non-hydrogen) atoms. The molecule has 0 fully saturated rings. The van der Waals surface area contributed by atoms with E-state index in [1.807, 2.05) is 6.07 Å². The van der Waals surface area contributed by atoms with Crippen LogP contribution in [-0.2, 0) is 13.1 Å². The summed E-state index contributed by atoms with van der Waals surface area (Å²) in [5, 5.41) is 0.396. The van der Waals surface area contributed by atoms with Gasteiger partial charge in [0.15, 0.2) is 10.3 Å². The van der Waals surface area contributed by atoms with Gasteiger partial charge in [0.1, 0.15) is 5.15 Å². The summed E-state index contributed by atoms with van der Waals surface area (Å²) in [6.07, 6.45) is 4.94. The van der Waals surface area contributed by atoms with Crippen molar-refractivity contribution >= 4 is 34.5 Å². The topological polar surface area (TPSA) is 82.7 Å². The van der Waals surface area contributed by atoms with Crippen LogP contribution in [0.2, 0.25) is 9.62 Å². The zero-order valence-electron chi connectivity index (χ0n) is 13.7. The van der Waals surface area contributed by atoms with E-state index in [4.69, 9.17) is 23.2 Å². The number of hydrogen-bond donors (Lipinski definition) is 0. The Kier molecular flexibility index (Phi) is 4.77. The molecule has 2 aromatic rings. The monoisotopic (exact) mass is 419 g/mol. The van der Waals surface area contributed by atoms with Gasteiger partial charge in [-0.25, -0.2) is 14.8 Å². The smallest absolute Gasteiger partial charge is 0.328 e. The van der Waals surface area contributed by atoms with E-state index >= 15 is 0 Å². The zero-order valence-corrected chi connectivity index (χ0v) is 16.0. The molecule has 7 nitrogen and oxygen atoms in total. The number of aromatic nitrogens is 5. The Morgan fingerprint density at radius 2 is 1.89 bits per heavy atom. The number of fused-ring (bicyclic) bond motifs is 1. The summed E-state index contributed by atoms with van der Waals surface area (Å²) in [5.74, 6) is 0.320. The van der Waals surface area contributed by atoms with Crippen LogP contribution in [0, 0.1) is 0 Å². The molecule has 0 atom stereocenters. The van der Waals surface area contributed by atoms with Crippen molar-refractivity contribution in [1.82, 2.24) is 24.1 Å². The fourth-order valence-electron chi connectivity index (χ4n) is 2.69. The molecule has 4 rings (SSSR count). The third-order valence-corrected chi connectivity index (χ3v) is 5.25. The zero-order chi connectivity index (χ0) is 19.0. The molecule has 0 radical (unpaired) electrons. The molecule has 136 valence electrons. The van der Waals surface area contributed by atoms with E-state index in [0.717, 1.165) is 10.1 Å². The Morgan fingerprint density at radius 1 is 1.04 bits per heavy atom. The lowest BCUT2D eigenvalue weighted by molar-refractivity contribution is 0.683. The van der Waals surface area contributed by atoms with Crippen molar-refractivity contribution in [2.75, 3.05) is 0 Å². The molecule has 0 unspecified atom stereocenters. The fourth-order valence-corrected chi connectivity index (χ4v) is 3.77. The molecule has 2 aliphatic heterocycles. The minimum absolute atomic E-state index is 0.0843. The van der Waals surface area contributed by atoms with Crippen LogP contribution in [-0.4, -0.2) is 24.1 Å². The molecular formula is C17H11Cl2N5O2S. The predicted molar refractivity (Wildman–Crippen MR) is 104 cm³/mol. The molecule has 10 heteroatoms. The molecule has 0 saturated carbocycles. The van der Waals surface area contributed by atoms with Crippen LogP contribution in [0.1, 0.15) is 10.4 Å². The first-order valence-electron chi connectivity index (χ1n) is 7.82. The summed E-state index contributed by atoms with van der Waals surface area (Å²) >= 11 is 12.8. The first kappa shape index (κ1) is 17.8. The van der Waals surface area contributed by atoms with Gasteiger partial charge in [0.05, 0.1) is 18.7 Å². The van der Waals surface area contributed by atoms with Crippen LogP contribution in [0.4, 0.5) is 0 Å². The minimum Gasteiger partial charge on any atom is -0.328 e. The van der Waals surface area contributed by atoms with Gasteiger partial charge >= 0.3 is 5.69 Å². The van der Waals surface area contributed by atoms with E-state index < -0.39 is 11.2 Å². The van der Waals surface area contributed by atoms with Gasteiger partial charge in [-0.2, -0.15) is 4.98 Å². The highest BCUT2D eigenvalue weighted by Gasteiger charge is 2.18. The van der Waals surface area contributed by atoms with Gasteiger partial charge in [0.2, 0.25) is 0 Å². The van der Waals surface area contributed by atoms with E-state index in [9.17, 15) is 9.59 Å². The van der Waals surface area contributed by atoms with Crippen LogP contribution in [0.25, 0.3) is 11.4 Å². The minimum atomic E-state index is -0.619. The van der Waals surface area contributed by atoms with E-state index in [2.05, 4.69) is 15.0 Å². The number of halogens is 2. The first-order valence-corrected chi connectivity index (χ1v) is 9.39. The molecule has 2 aromatic heterocycles. The lowest BCUT2D eigenvalue weighted by Crippen LogP contribution is -2.38. The van der Waals surface area contributed by atoms with Crippen LogP contribution in [0.5, 0.6) is 0 Å². The fraction of sp³-hybridized carbons (Fsp3) is 0.118. The molecule has 0 bridgehead atoms. The molecule has 0 aromatic carbocycles. The Bertz CT molecular complexity index is 1200. The molecule has 0 saturated heterocycles. The Balaban J connectivity index is 1.77. The van der Waals surface area contributed by atoms with Crippen LogP contribution < -0.4 is 11.2 Å². The van der Waals surface area contributed by atoms with Gasteiger partial charge < -0.3 is 4.57 Å². The third-order valence-electron chi connectivity index (χ3n) is 3.93. The van der Waals surface area contributed by atoms with Crippen molar-refractivity contribution in [3.8, 4) is 11.4 Å². The Morgan fingerprint density at radius 3 is 2.59 bits per heavy atom. The van der Waals surface area contributed by atoms with Crippen molar-refractivity contribution in [3.05, 3.63) is 83.8 Å². The summed E-state index contributed by atoms with van der Waals surface area (Å²) in [6.45, 7) is 0.489. The normalized spacial score (nSPS) is 11.2. The van der Waals surface area contributed by atoms with E-state index in [1.54, 1.807) is 41.4 Å². The summed E-state index contributed by atoms with van der Waals surface area (Å²) in [6, 6.07) is 6.90. The predicted octanol–water partition coefficient (Wildman–Crippen LogP) is 2.76. The lowest BCUT2D eigenvalue weighted by Gasteiger charge is -2.15. The summed E-state index contributed by atoms with van der Waals surface area (Å²) in [5.41, 5.74) is 0.202. The van der Waals surface area contributed by atoms with Gasteiger partial charge in [-0.05, 0) is 23.8 Å². The van der Waals surface area contributed by atoms with Crippen LogP contribution in [0.15, 0.2) is 52.4 Å². The summed E-state index contributed by atoms with van der Waals surface area (Å²) < 4.78 is 3.17. The quantitative estimate of drug-likeness (QED) is 0.474. The van der Waals surface area contributed by atoms with Gasteiger partial charge in [-0.15, -0.1) is 11.3 Å². The van der Waals surface area contributed by atoms with Crippen molar-refractivity contribution in [2.45, 2.75) is 13.1 Å². The first-order chi connectivity index (χ1) is 13.0. The maximum atomic E-state index is 12.8. The lowest BCUT2D eigenvalue weighted by atomic mass is 10.2. The molecular weight excluding hydrogens is 409 g/mol. The van der Waals surface area contributed by atoms with Gasteiger partial charge in [0, 0.05) is 23.5 Å². The van der Waals surface area contributed by atoms with Crippen LogP contribution >= 0.6 is 34.5 Å². The number of nitrogens with zero attached hydrogens (tertiary/aromatic N) is 5. The number of hydrogen-bond acceptors (Lipinski definition) is 6. The molecule has 0 spiro atoms. The van der Waals surface area contributed by atoms with Crippen molar-refractivity contribution < 1.29 is 0 Å². The van der Waals surface area contributed by atoms with Crippen molar-refractivity contribution in [2.24, 2.45) is 0 Å². The molecule has 4 heterocycles. The summed E-state index contributed by atoms with van der Waals surface area (Å²) in [4.78, 5) is 38.1. The molecule has 2 aliphatic rings. The maximum absolute atomic E-state index is 12.8. The average molecular weight is 420 g/mol. The van der Waals surface area contributed by atoms with Crippen molar-refractivity contribution in [3.63, 3.8) is 0 Å². The Hall–Kier alpha value is -2.55. The second kappa shape index (κ2) is 7.22. The summed E-state index contributed by atoms with van der Waals surface area (Å²) in [7, 11) is 0. The van der Waals surface area contributed by atoms with E-state index in [-0.39, 0.29) is 6.54 Å². The molecule has 0 N–H and O–H groups in total. The van der Waals surface area contributed by atoms with Gasteiger partial charge in [0.25, 0.3) is 5.56 Å². The van der Waals surface area contributed by atoms with E-state index in [1.165, 1.54) is 11.3 Å². The molecule has 0 amide bonds. The second-order valence-electron chi connectivity index (χ2n) is 5.73. The molecule has 0 aliphatic carbocycles. The largest absolute Gasteiger partial charge is 0.352 e. The van der Waals surface area contributed by atoms with Crippen LogP contribution in [0.3, 0.4) is 0 Å². The standard InChI is InChI=1S/C17H11Cl2N5O2S/c18-13-4-3-10(6-20-13)8-23-5-1-2-12-14(23)22-17(26)24(15(12)25)9-11-7-21-16(19)27-11/h1-7H,8-9H2. The highest BCUT2D eigenvalue weighted by atomic mass is 35.5. The highest BCUT2D eigenvalue weighted by Crippen LogP contribution is 2.19. The van der Waals surface area contributed by atoms with Gasteiger partial charge in [-0.3, -0.25) is 9.36 Å². The van der Waals surface area contributed by atoms with Gasteiger partial charge in [-0.1, -0.05) is 29.3 Å². The Labute approximate surface area is 166 Å². The maximum Gasteiger partial charge on any atom is 0.352 e.